The maximum atomic E-state index is 12.5. The van der Waals surface area contributed by atoms with Crippen molar-refractivity contribution in [3.63, 3.8) is 0 Å². The molecular formula is C26H25N5O3S. The fraction of sp³-hybridized carbons (Fsp3) is 0.154. The topological polar surface area (TPSA) is 102 Å². The lowest BCUT2D eigenvalue weighted by molar-refractivity contribution is -0.118. The molecule has 0 saturated heterocycles. The lowest BCUT2D eigenvalue weighted by Crippen LogP contribution is -2.21. The number of ether oxygens (including phenoxy) is 1. The van der Waals surface area contributed by atoms with Gasteiger partial charge in [0.1, 0.15) is 11.5 Å². The van der Waals surface area contributed by atoms with Crippen LogP contribution in [-0.4, -0.2) is 43.8 Å². The summed E-state index contributed by atoms with van der Waals surface area (Å²) in [5, 5.41) is 22.9. The molecule has 0 aliphatic carbocycles. The van der Waals surface area contributed by atoms with Crippen LogP contribution in [0.3, 0.4) is 0 Å². The Morgan fingerprint density at radius 2 is 1.74 bits per heavy atom. The van der Waals surface area contributed by atoms with Crippen LogP contribution in [-0.2, 0) is 4.79 Å². The fourth-order valence-corrected chi connectivity index (χ4v) is 4.05. The highest BCUT2D eigenvalue weighted by Gasteiger charge is 2.17. The average molecular weight is 488 g/mol. The first kappa shape index (κ1) is 24.0. The number of hydrazone groups is 1. The molecule has 1 heterocycles. The van der Waals surface area contributed by atoms with Crippen molar-refractivity contribution in [1.82, 2.24) is 20.2 Å². The van der Waals surface area contributed by atoms with E-state index in [-0.39, 0.29) is 17.4 Å². The van der Waals surface area contributed by atoms with Gasteiger partial charge in [-0.2, -0.15) is 5.10 Å². The summed E-state index contributed by atoms with van der Waals surface area (Å²) in [5.41, 5.74) is 5.79. The molecule has 0 aliphatic rings. The lowest BCUT2D eigenvalue weighted by Gasteiger charge is -2.11. The number of phenols is 1. The molecule has 0 spiro atoms. The number of amides is 1. The second-order valence-electron chi connectivity index (χ2n) is 7.50. The molecule has 35 heavy (non-hydrogen) atoms. The van der Waals surface area contributed by atoms with Gasteiger partial charge < -0.3 is 9.84 Å². The minimum atomic E-state index is -0.268. The molecule has 0 aliphatic heterocycles. The summed E-state index contributed by atoms with van der Waals surface area (Å²) in [6.45, 7) is 4.32. The molecule has 9 heteroatoms. The number of hydrogen-bond acceptors (Lipinski definition) is 7. The molecule has 8 nitrogen and oxygen atoms in total. The standard InChI is InChI=1S/C26H25N5O3S/c1-3-34-23-15-11-21(12-16-23)31-25(20-7-5-4-6-8-20)29-30-26(31)35-17-24(33)28-27-18(2)19-9-13-22(32)14-10-19/h4-16,32H,3,17H2,1-2H3,(H,28,33)/b27-18+. The number of carbonyl (C=O) groups excluding carboxylic acids is 1. The van der Waals surface area contributed by atoms with Gasteiger partial charge in [0.05, 0.1) is 18.1 Å². The smallest absolute Gasteiger partial charge is 0.250 e. The molecule has 0 unspecified atom stereocenters. The van der Waals surface area contributed by atoms with Crippen molar-refractivity contribution in [2.24, 2.45) is 5.10 Å². The van der Waals surface area contributed by atoms with Gasteiger partial charge in [-0.1, -0.05) is 42.1 Å². The number of phenolic OH excluding ortho intramolecular Hbond substituents is 1. The number of rotatable bonds is 9. The van der Waals surface area contributed by atoms with E-state index in [1.807, 2.05) is 66.1 Å². The zero-order chi connectivity index (χ0) is 24.6. The third-order valence-corrected chi connectivity index (χ3v) is 5.97. The number of aromatic nitrogens is 3. The van der Waals surface area contributed by atoms with Crippen molar-refractivity contribution >= 4 is 23.4 Å². The molecule has 3 aromatic carbocycles. The van der Waals surface area contributed by atoms with Crippen LogP contribution in [0.4, 0.5) is 0 Å². The van der Waals surface area contributed by atoms with E-state index in [4.69, 9.17) is 4.74 Å². The Morgan fingerprint density at radius 3 is 2.43 bits per heavy atom. The molecule has 178 valence electrons. The van der Waals surface area contributed by atoms with Crippen molar-refractivity contribution in [2.75, 3.05) is 12.4 Å². The number of hydrogen-bond donors (Lipinski definition) is 2. The molecule has 2 N–H and O–H groups in total. The van der Waals surface area contributed by atoms with E-state index < -0.39 is 0 Å². The third-order valence-electron chi connectivity index (χ3n) is 5.04. The summed E-state index contributed by atoms with van der Waals surface area (Å²) in [7, 11) is 0. The van der Waals surface area contributed by atoms with E-state index in [0.29, 0.717) is 23.3 Å². The molecule has 0 fully saturated rings. The Kier molecular flexibility index (Phi) is 7.79. The SMILES string of the molecule is CCOc1ccc(-n2c(SCC(=O)N/N=C(\C)c3ccc(O)cc3)nnc2-c2ccccc2)cc1. The summed E-state index contributed by atoms with van der Waals surface area (Å²) < 4.78 is 7.49. The number of carbonyl (C=O) groups is 1. The normalized spacial score (nSPS) is 11.3. The summed E-state index contributed by atoms with van der Waals surface area (Å²) in [6.07, 6.45) is 0. The van der Waals surface area contributed by atoms with Crippen LogP contribution in [0.5, 0.6) is 11.5 Å². The highest BCUT2D eigenvalue weighted by atomic mass is 32.2. The first-order chi connectivity index (χ1) is 17.0. The minimum absolute atomic E-state index is 0.107. The zero-order valence-electron chi connectivity index (χ0n) is 19.4. The first-order valence-corrected chi connectivity index (χ1v) is 12.0. The van der Waals surface area contributed by atoms with Gasteiger partial charge in [-0.3, -0.25) is 9.36 Å². The Bertz CT molecular complexity index is 1300. The molecule has 0 atom stereocenters. The predicted octanol–water partition coefficient (Wildman–Crippen LogP) is 4.67. The van der Waals surface area contributed by atoms with Gasteiger partial charge in [0.2, 0.25) is 0 Å². The van der Waals surface area contributed by atoms with Crippen LogP contribution in [0, 0.1) is 0 Å². The highest BCUT2D eigenvalue weighted by Crippen LogP contribution is 2.28. The van der Waals surface area contributed by atoms with E-state index in [1.54, 1.807) is 31.2 Å². The summed E-state index contributed by atoms with van der Waals surface area (Å²) >= 11 is 1.27. The van der Waals surface area contributed by atoms with Gasteiger partial charge in [0.25, 0.3) is 5.91 Å². The summed E-state index contributed by atoms with van der Waals surface area (Å²) in [4.78, 5) is 12.5. The van der Waals surface area contributed by atoms with E-state index in [0.717, 1.165) is 22.6 Å². The first-order valence-electron chi connectivity index (χ1n) is 11.0. The van der Waals surface area contributed by atoms with Crippen LogP contribution in [0.1, 0.15) is 19.4 Å². The second kappa shape index (κ2) is 11.3. The molecule has 0 radical (unpaired) electrons. The molecule has 1 amide bonds. The van der Waals surface area contributed by atoms with Crippen LogP contribution >= 0.6 is 11.8 Å². The zero-order valence-corrected chi connectivity index (χ0v) is 20.2. The van der Waals surface area contributed by atoms with Gasteiger partial charge in [0.15, 0.2) is 11.0 Å². The van der Waals surface area contributed by atoms with Crippen molar-refractivity contribution in [2.45, 2.75) is 19.0 Å². The van der Waals surface area contributed by atoms with Crippen LogP contribution < -0.4 is 10.2 Å². The largest absolute Gasteiger partial charge is 0.508 e. The van der Waals surface area contributed by atoms with Crippen molar-refractivity contribution in [1.29, 1.82) is 0 Å². The Balaban J connectivity index is 1.52. The number of nitrogens with one attached hydrogen (secondary N) is 1. The Morgan fingerprint density at radius 1 is 1.03 bits per heavy atom. The minimum Gasteiger partial charge on any atom is -0.508 e. The predicted molar refractivity (Wildman–Crippen MR) is 137 cm³/mol. The average Bonchev–Trinajstić information content (AvgIpc) is 3.31. The number of thioether (sulfide) groups is 1. The van der Waals surface area contributed by atoms with Gasteiger partial charge in [-0.15, -0.1) is 10.2 Å². The molecule has 4 rings (SSSR count). The second-order valence-corrected chi connectivity index (χ2v) is 8.44. The quantitative estimate of drug-likeness (QED) is 0.202. The van der Waals surface area contributed by atoms with Gasteiger partial charge >= 0.3 is 0 Å². The van der Waals surface area contributed by atoms with Gasteiger partial charge in [0, 0.05) is 11.3 Å². The van der Waals surface area contributed by atoms with Crippen molar-refractivity contribution in [3.8, 4) is 28.6 Å². The van der Waals surface area contributed by atoms with E-state index in [9.17, 15) is 9.90 Å². The lowest BCUT2D eigenvalue weighted by atomic mass is 10.1. The Hall–Kier alpha value is -4.11. The van der Waals surface area contributed by atoms with Gasteiger partial charge in [-0.05, 0) is 67.9 Å². The van der Waals surface area contributed by atoms with E-state index in [2.05, 4.69) is 20.7 Å². The molecule has 0 saturated carbocycles. The van der Waals surface area contributed by atoms with Crippen molar-refractivity contribution < 1.29 is 14.6 Å². The van der Waals surface area contributed by atoms with E-state index >= 15 is 0 Å². The molecular weight excluding hydrogens is 462 g/mol. The summed E-state index contributed by atoms with van der Waals surface area (Å²) in [5.74, 6) is 1.47. The summed E-state index contributed by atoms with van der Waals surface area (Å²) in [6, 6.07) is 24.1. The maximum absolute atomic E-state index is 12.5. The monoisotopic (exact) mass is 487 g/mol. The van der Waals surface area contributed by atoms with Crippen LogP contribution in [0.25, 0.3) is 17.1 Å². The number of aromatic hydroxyl groups is 1. The van der Waals surface area contributed by atoms with Crippen molar-refractivity contribution in [3.05, 3.63) is 84.4 Å². The van der Waals surface area contributed by atoms with E-state index in [1.165, 1.54) is 11.8 Å². The number of nitrogens with zero attached hydrogens (tertiary/aromatic N) is 4. The third kappa shape index (κ3) is 6.07. The molecule has 0 bridgehead atoms. The fourth-order valence-electron chi connectivity index (χ4n) is 3.30. The van der Waals surface area contributed by atoms with Crippen LogP contribution in [0.2, 0.25) is 0 Å². The molecule has 1 aromatic heterocycles. The maximum Gasteiger partial charge on any atom is 0.250 e. The molecule has 4 aromatic rings. The number of benzene rings is 3. The Labute approximate surface area is 207 Å². The highest BCUT2D eigenvalue weighted by molar-refractivity contribution is 7.99. The van der Waals surface area contributed by atoms with Crippen LogP contribution in [0.15, 0.2) is 89.1 Å². The van der Waals surface area contributed by atoms with Gasteiger partial charge in [-0.25, -0.2) is 5.43 Å².